The number of carboxylic acid groups (broad SMARTS) is 1. The zero-order valence-electron chi connectivity index (χ0n) is 10.0. The number of H-pyrrole nitrogens is 1. The Balaban J connectivity index is 2.10. The number of benzene rings is 1. The molecule has 2 atom stereocenters. The molecule has 0 amide bonds. The third-order valence-electron chi connectivity index (χ3n) is 3.72. The molecular weight excluding hydrogens is 232 g/mol. The van der Waals surface area contributed by atoms with Gasteiger partial charge in [0, 0.05) is 6.54 Å². The van der Waals surface area contributed by atoms with Crippen molar-refractivity contribution in [1.29, 1.82) is 0 Å². The first-order valence-electron chi connectivity index (χ1n) is 6.02. The van der Waals surface area contributed by atoms with Gasteiger partial charge in [-0.15, -0.1) is 0 Å². The highest BCUT2D eigenvalue weighted by Crippen LogP contribution is 2.39. The van der Waals surface area contributed by atoms with Gasteiger partial charge in [0.15, 0.2) is 0 Å². The molecule has 2 aromatic rings. The van der Waals surface area contributed by atoms with Crippen LogP contribution in [0.15, 0.2) is 23.0 Å². The maximum Gasteiger partial charge on any atom is 0.335 e. The van der Waals surface area contributed by atoms with Gasteiger partial charge in [0.25, 0.3) is 0 Å². The second-order valence-corrected chi connectivity index (χ2v) is 5.05. The lowest BCUT2D eigenvalue weighted by molar-refractivity contribution is 0.0697. The van der Waals surface area contributed by atoms with E-state index in [1.54, 1.807) is 16.7 Å². The van der Waals surface area contributed by atoms with E-state index in [1.807, 2.05) is 0 Å². The number of imidazole rings is 1. The summed E-state index contributed by atoms with van der Waals surface area (Å²) >= 11 is 0. The van der Waals surface area contributed by atoms with Crippen LogP contribution in [0, 0.1) is 11.8 Å². The van der Waals surface area contributed by atoms with Crippen molar-refractivity contribution < 1.29 is 9.90 Å². The molecule has 2 unspecified atom stereocenters. The Kier molecular flexibility index (Phi) is 2.29. The van der Waals surface area contributed by atoms with Crippen molar-refractivity contribution in [3.8, 4) is 0 Å². The van der Waals surface area contributed by atoms with Crippen LogP contribution in [-0.2, 0) is 6.54 Å². The largest absolute Gasteiger partial charge is 0.478 e. The molecule has 1 aromatic heterocycles. The van der Waals surface area contributed by atoms with E-state index in [2.05, 4.69) is 11.9 Å². The fraction of sp³-hybridized carbons (Fsp3) is 0.385. The molecule has 1 heterocycles. The molecule has 1 fully saturated rings. The smallest absolute Gasteiger partial charge is 0.335 e. The number of aromatic carboxylic acids is 1. The standard InChI is InChI=1S/C13H14N2O3/c1-7-4-9(7)6-15-11-5-8(12(16)17)2-3-10(11)14-13(15)18/h2-3,5,7,9H,4,6H2,1H3,(H,14,18)(H,16,17). The molecule has 5 heteroatoms. The average Bonchev–Trinajstić information content (AvgIpc) is 2.92. The SMILES string of the molecule is CC1CC1Cn1c(=O)[nH]c2ccc(C(=O)O)cc21. The van der Waals surface area contributed by atoms with Crippen LogP contribution >= 0.6 is 0 Å². The van der Waals surface area contributed by atoms with Gasteiger partial charge < -0.3 is 10.1 Å². The van der Waals surface area contributed by atoms with Crippen molar-refractivity contribution >= 4 is 17.0 Å². The Hall–Kier alpha value is -2.04. The maximum atomic E-state index is 11.8. The van der Waals surface area contributed by atoms with Gasteiger partial charge in [-0.1, -0.05) is 6.92 Å². The van der Waals surface area contributed by atoms with Gasteiger partial charge in [-0.25, -0.2) is 9.59 Å². The van der Waals surface area contributed by atoms with E-state index >= 15 is 0 Å². The van der Waals surface area contributed by atoms with Crippen LogP contribution in [0.5, 0.6) is 0 Å². The molecule has 0 radical (unpaired) electrons. The van der Waals surface area contributed by atoms with Crippen molar-refractivity contribution in [3.05, 3.63) is 34.2 Å². The molecule has 1 aliphatic rings. The maximum absolute atomic E-state index is 11.8. The first-order valence-corrected chi connectivity index (χ1v) is 6.02. The van der Waals surface area contributed by atoms with Crippen LogP contribution in [0.2, 0.25) is 0 Å². The zero-order valence-corrected chi connectivity index (χ0v) is 10.0. The first-order chi connectivity index (χ1) is 8.56. The van der Waals surface area contributed by atoms with Crippen LogP contribution in [0.4, 0.5) is 0 Å². The van der Waals surface area contributed by atoms with Crippen molar-refractivity contribution in [2.75, 3.05) is 0 Å². The number of rotatable bonds is 3. The Morgan fingerprint density at radius 2 is 2.28 bits per heavy atom. The predicted octanol–water partition coefficient (Wildman–Crippen LogP) is 1.68. The molecule has 18 heavy (non-hydrogen) atoms. The van der Waals surface area contributed by atoms with Gasteiger partial charge in [0.2, 0.25) is 0 Å². The van der Waals surface area contributed by atoms with E-state index in [9.17, 15) is 9.59 Å². The summed E-state index contributed by atoms with van der Waals surface area (Å²) in [5.74, 6) is 0.219. The van der Waals surface area contributed by atoms with Gasteiger partial charge in [-0.2, -0.15) is 0 Å². The third kappa shape index (κ3) is 1.72. The highest BCUT2D eigenvalue weighted by atomic mass is 16.4. The van der Waals surface area contributed by atoms with Crippen LogP contribution < -0.4 is 5.69 Å². The number of carbonyl (C=O) groups is 1. The summed E-state index contributed by atoms with van der Waals surface area (Å²) in [5.41, 5.74) is 1.42. The average molecular weight is 246 g/mol. The Morgan fingerprint density at radius 3 is 2.89 bits per heavy atom. The highest BCUT2D eigenvalue weighted by molar-refractivity contribution is 5.92. The fourth-order valence-corrected chi connectivity index (χ4v) is 2.36. The number of nitrogens with zero attached hydrogens (tertiary/aromatic N) is 1. The minimum atomic E-state index is -0.975. The molecular formula is C13H14N2O3. The fourth-order valence-electron chi connectivity index (χ4n) is 2.36. The second-order valence-electron chi connectivity index (χ2n) is 5.05. The molecule has 1 aromatic carbocycles. The normalized spacial score (nSPS) is 22.3. The number of carboxylic acids is 1. The van der Waals surface area contributed by atoms with Gasteiger partial charge in [-0.3, -0.25) is 4.57 Å². The molecule has 5 nitrogen and oxygen atoms in total. The van der Waals surface area contributed by atoms with E-state index < -0.39 is 5.97 Å². The summed E-state index contributed by atoms with van der Waals surface area (Å²) in [6.45, 7) is 2.83. The summed E-state index contributed by atoms with van der Waals surface area (Å²) < 4.78 is 1.65. The Morgan fingerprint density at radius 1 is 1.56 bits per heavy atom. The number of aromatic nitrogens is 2. The molecule has 0 aliphatic heterocycles. The number of hydrogen-bond donors (Lipinski definition) is 2. The highest BCUT2D eigenvalue weighted by Gasteiger charge is 2.33. The van der Waals surface area contributed by atoms with Crippen LogP contribution in [-0.4, -0.2) is 20.6 Å². The lowest BCUT2D eigenvalue weighted by Crippen LogP contribution is -2.18. The van der Waals surface area contributed by atoms with E-state index in [-0.39, 0.29) is 11.3 Å². The molecule has 0 spiro atoms. The van der Waals surface area contributed by atoms with Crippen molar-refractivity contribution in [1.82, 2.24) is 9.55 Å². The number of fused-ring (bicyclic) bond motifs is 1. The molecule has 1 aliphatic carbocycles. The molecule has 1 saturated carbocycles. The lowest BCUT2D eigenvalue weighted by atomic mass is 10.2. The molecule has 2 N–H and O–H groups in total. The van der Waals surface area contributed by atoms with Gasteiger partial charge in [0.05, 0.1) is 16.6 Å². The van der Waals surface area contributed by atoms with Crippen molar-refractivity contribution in [3.63, 3.8) is 0 Å². The number of aromatic amines is 1. The predicted molar refractivity (Wildman–Crippen MR) is 66.8 cm³/mol. The summed E-state index contributed by atoms with van der Waals surface area (Å²) in [4.78, 5) is 25.6. The summed E-state index contributed by atoms with van der Waals surface area (Å²) in [6.07, 6.45) is 1.14. The van der Waals surface area contributed by atoms with Crippen molar-refractivity contribution in [2.45, 2.75) is 19.9 Å². The molecule has 3 rings (SSSR count). The molecule has 94 valence electrons. The zero-order chi connectivity index (χ0) is 12.9. The Labute approximate surface area is 103 Å². The third-order valence-corrected chi connectivity index (χ3v) is 3.72. The Bertz CT molecular complexity index is 683. The van der Waals surface area contributed by atoms with Crippen molar-refractivity contribution in [2.24, 2.45) is 11.8 Å². The summed E-state index contributed by atoms with van der Waals surface area (Å²) in [6, 6.07) is 4.71. The summed E-state index contributed by atoms with van der Waals surface area (Å²) in [7, 11) is 0. The summed E-state index contributed by atoms with van der Waals surface area (Å²) in [5, 5.41) is 8.98. The molecule has 0 bridgehead atoms. The van der Waals surface area contributed by atoms with Gasteiger partial charge in [-0.05, 0) is 36.5 Å². The lowest BCUT2D eigenvalue weighted by Gasteiger charge is -2.02. The number of hydrogen-bond acceptors (Lipinski definition) is 2. The van der Waals surface area contributed by atoms with E-state index in [0.29, 0.717) is 29.4 Å². The van der Waals surface area contributed by atoms with E-state index in [0.717, 1.165) is 6.42 Å². The first kappa shape index (κ1) is 11.1. The quantitative estimate of drug-likeness (QED) is 0.865. The van der Waals surface area contributed by atoms with Crippen LogP contribution in [0.3, 0.4) is 0 Å². The minimum absolute atomic E-state index is 0.161. The van der Waals surface area contributed by atoms with E-state index in [1.165, 1.54) is 6.07 Å². The second kappa shape index (κ2) is 3.73. The monoisotopic (exact) mass is 246 g/mol. The van der Waals surface area contributed by atoms with Crippen LogP contribution in [0.1, 0.15) is 23.7 Å². The van der Waals surface area contributed by atoms with Gasteiger partial charge in [0.1, 0.15) is 0 Å². The van der Waals surface area contributed by atoms with Crippen LogP contribution in [0.25, 0.3) is 11.0 Å². The topological polar surface area (TPSA) is 75.1 Å². The van der Waals surface area contributed by atoms with E-state index in [4.69, 9.17) is 5.11 Å². The molecule has 0 saturated heterocycles. The number of nitrogens with one attached hydrogen (secondary N) is 1. The van der Waals surface area contributed by atoms with Gasteiger partial charge >= 0.3 is 11.7 Å². The minimum Gasteiger partial charge on any atom is -0.478 e.